The van der Waals surface area contributed by atoms with Gasteiger partial charge >= 0.3 is 0 Å². The smallest absolute Gasteiger partial charge is 0.262 e. The van der Waals surface area contributed by atoms with Gasteiger partial charge in [-0.3, -0.25) is 4.79 Å². The fourth-order valence-corrected chi connectivity index (χ4v) is 3.00. The molecule has 4 rings (SSSR count). The molecule has 1 N–H and O–H groups in total. The maximum absolute atomic E-state index is 12.2. The number of nitrogens with one attached hydrogen (secondary N) is 1. The topological polar surface area (TPSA) is 69.0 Å². The standard InChI is InChI=1S/C20H14Cl2N4O2/c21-14-8-4-5-9-19(14)28-12-20(27)23-16-11-18-17(10-15(16)22)24-26(25-18)13-6-2-1-3-7-13/h1-11H,12H2,(H,23,27). The zero-order valence-corrected chi connectivity index (χ0v) is 16.0. The molecule has 0 saturated carbocycles. The highest BCUT2D eigenvalue weighted by molar-refractivity contribution is 6.34. The molecule has 0 fully saturated rings. The number of para-hydroxylation sites is 2. The van der Waals surface area contributed by atoms with E-state index in [0.29, 0.717) is 32.5 Å². The third kappa shape index (κ3) is 3.93. The first-order valence-corrected chi connectivity index (χ1v) is 9.15. The molecule has 0 saturated heterocycles. The third-order valence-corrected chi connectivity index (χ3v) is 4.55. The molecule has 1 heterocycles. The normalized spacial score (nSPS) is 10.8. The van der Waals surface area contributed by atoms with E-state index in [1.165, 1.54) is 4.80 Å². The maximum Gasteiger partial charge on any atom is 0.262 e. The molecule has 28 heavy (non-hydrogen) atoms. The van der Waals surface area contributed by atoms with Crippen LogP contribution >= 0.6 is 23.2 Å². The summed E-state index contributed by atoms with van der Waals surface area (Å²) in [6.45, 7) is -0.200. The molecule has 0 atom stereocenters. The zero-order chi connectivity index (χ0) is 19.5. The van der Waals surface area contributed by atoms with Crippen molar-refractivity contribution in [2.75, 3.05) is 11.9 Å². The summed E-state index contributed by atoms with van der Waals surface area (Å²) in [5.74, 6) is 0.0725. The fourth-order valence-electron chi connectivity index (χ4n) is 2.60. The summed E-state index contributed by atoms with van der Waals surface area (Å²) >= 11 is 12.3. The van der Waals surface area contributed by atoms with Crippen molar-refractivity contribution in [3.8, 4) is 11.4 Å². The van der Waals surface area contributed by atoms with Gasteiger partial charge in [-0.2, -0.15) is 4.80 Å². The van der Waals surface area contributed by atoms with Gasteiger partial charge in [0, 0.05) is 0 Å². The van der Waals surface area contributed by atoms with Gasteiger partial charge in [-0.15, -0.1) is 10.2 Å². The van der Waals surface area contributed by atoms with E-state index in [1.807, 2.05) is 30.3 Å². The summed E-state index contributed by atoms with van der Waals surface area (Å²) in [4.78, 5) is 13.8. The molecule has 0 aliphatic carbocycles. The molecule has 6 nitrogen and oxygen atoms in total. The number of hydrogen-bond acceptors (Lipinski definition) is 4. The van der Waals surface area contributed by atoms with Crippen LogP contribution in [0.2, 0.25) is 10.0 Å². The second-order valence-corrected chi connectivity index (χ2v) is 6.73. The van der Waals surface area contributed by atoms with Gasteiger partial charge in [0.1, 0.15) is 16.8 Å². The molecule has 8 heteroatoms. The summed E-state index contributed by atoms with van der Waals surface area (Å²) in [6, 6.07) is 19.8. The number of ether oxygens (including phenoxy) is 1. The Balaban J connectivity index is 1.51. The predicted octanol–water partition coefficient (Wildman–Crippen LogP) is 4.74. The molecule has 1 amide bonds. The van der Waals surface area contributed by atoms with Gasteiger partial charge in [0.05, 0.1) is 21.4 Å². The Morgan fingerprint density at radius 2 is 1.61 bits per heavy atom. The predicted molar refractivity (Wildman–Crippen MR) is 109 cm³/mol. The van der Waals surface area contributed by atoms with E-state index >= 15 is 0 Å². The lowest BCUT2D eigenvalue weighted by molar-refractivity contribution is -0.118. The minimum atomic E-state index is -0.364. The number of amides is 1. The molecule has 0 aliphatic rings. The summed E-state index contributed by atoms with van der Waals surface area (Å²) in [5.41, 5.74) is 2.49. The number of rotatable bonds is 5. The van der Waals surface area contributed by atoms with Crippen molar-refractivity contribution in [1.82, 2.24) is 15.0 Å². The molecule has 0 bridgehead atoms. The summed E-state index contributed by atoms with van der Waals surface area (Å²) < 4.78 is 5.44. The van der Waals surface area contributed by atoms with Crippen molar-refractivity contribution in [2.24, 2.45) is 0 Å². The number of fused-ring (bicyclic) bond motifs is 1. The van der Waals surface area contributed by atoms with Crippen molar-refractivity contribution in [1.29, 1.82) is 0 Å². The van der Waals surface area contributed by atoms with Gasteiger partial charge in [0.15, 0.2) is 6.61 Å². The van der Waals surface area contributed by atoms with Crippen LogP contribution in [0.25, 0.3) is 16.7 Å². The summed E-state index contributed by atoms with van der Waals surface area (Å²) in [6.07, 6.45) is 0. The van der Waals surface area contributed by atoms with Crippen LogP contribution in [0.15, 0.2) is 66.7 Å². The molecular formula is C20H14Cl2N4O2. The zero-order valence-electron chi connectivity index (χ0n) is 14.5. The van der Waals surface area contributed by atoms with Crippen LogP contribution in [-0.2, 0) is 4.79 Å². The number of carbonyl (C=O) groups excluding carboxylic acids is 1. The highest BCUT2D eigenvalue weighted by Crippen LogP contribution is 2.27. The first-order valence-electron chi connectivity index (χ1n) is 8.39. The number of carbonyl (C=O) groups is 1. The van der Waals surface area contributed by atoms with Crippen LogP contribution in [0, 0.1) is 0 Å². The van der Waals surface area contributed by atoms with Gasteiger partial charge < -0.3 is 10.1 Å². The number of benzene rings is 3. The highest BCUT2D eigenvalue weighted by atomic mass is 35.5. The SMILES string of the molecule is O=C(COc1ccccc1Cl)Nc1cc2nn(-c3ccccc3)nc2cc1Cl. The lowest BCUT2D eigenvalue weighted by atomic mass is 10.2. The Morgan fingerprint density at radius 1 is 0.929 bits per heavy atom. The first-order chi connectivity index (χ1) is 13.6. The van der Waals surface area contributed by atoms with Gasteiger partial charge in [-0.25, -0.2) is 0 Å². The van der Waals surface area contributed by atoms with E-state index in [1.54, 1.807) is 36.4 Å². The van der Waals surface area contributed by atoms with Crippen molar-refractivity contribution in [3.63, 3.8) is 0 Å². The average Bonchev–Trinajstić information content (AvgIpc) is 3.11. The third-order valence-electron chi connectivity index (χ3n) is 3.93. The lowest BCUT2D eigenvalue weighted by Crippen LogP contribution is -2.20. The second kappa shape index (κ2) is 7.88. The van der Waals surface area contributed by atoms with Gasteiger partial charge in [0.25, 0.3) is 5.91 Å². The van der Waals surface area contributed by atoms with Gasteiger partial charge in [-0.1, -0.05) is 53.5 Å². The van der Waals surface area contributed by atoms with Crippen LogP contribution in [0.4, 0.5) is 5.69 Å². The number of nitrogens with zero attached hydrogens (tertiary/aromatic N) is 3. The van der Waals surface area contributed by atoms with E-state index in [9.17, 15) is 4.79 Å². The quantitative estimate of drug-likeness (QED) is 0.513. The molecule has 0 radical (unpaired) electrons. The van der Waals surface area contributed by atoms with E-state index in [4.69, 9.17) is 27.9 Å². The van der Waals surface area contributed by atoms with Crippen LogP contribution in [0.3, 0.4) is 0 Å². The number of aromatic nitrogens is 3. The number of anilines is 1. The van der Waals surface area contributed by atoms with Crippen LogP contribution in [-0.4, -0.2) is 27.5 Å². The first kappa shape index (κ1) is 18.3. The molecule has 1 aromatic heterocycles. The van der Waals surface area contributed by atoms with Crippen molar-refractivity contribution < 1.29 is 9.53 Å². The Kier molecular flexibility index (Phi) is 5.14. The Labute approximate surface area is 170 Å². The molecule has 0 spiro atoms. The van der Waals surface area contributed by atoms with Crippen LogP contribution < -0.4 is 10.1 Å². The highest BCUT2D eigenvalue weighted by Gasteiger charge is 2.12. The van der Waals surface area contributed by atoms with Crippen molar-refractivity contribution in [2.45, 2.75) is 0 Å². The molecular weight excluding hydrogens is 399 g/mol. The minimum Gasteiger partial charge on any atom is -0.482 e. The Morgan fingerprint density at radius 3 is 2.36 bits per heavy atom. The molecule has 0 unspecified atom stereocenters. The maximum atomic E-state index is 12.2. The van der Waals surface area contributed by atoms with E-state index in [2.05, 4.69) is 15.5 Å². The Hall–Kier alpha value is -3.09. The molecule has 0 aliphatic heterocycles. The van der Waals surface area contributed by atoms with E-state index < -0.39 is 0 Å². The number of halogens is 2. The molecule has 3 aromatic carbocycles. The fraction of sp³-hybridized carbons (Fsp3) is 0.0500. The monoisotopic (exact) mass is 412 g/mol. The summed E-state index contributed by atoms with van der Waals surface area (Å²) in [5, 5.41) is 12.4. The van der Waals surface area contributed by atoms with Crippen molar-refractivity contribution in [3.05, 3.63) is 76.8 Å². The molecule has 140 valence electrons. The minimum absolute atomic E-state index is 0.200. The Bertz CT molecular complexity index is 1150. The van der Waals surface area contributed by atoms with Gasteiger partial charge in [-0.05, 0) is 36.4 Å². The van der Waals surface area contributed by atoms with Crippen LogP contribution in [0.1, 0.15) is 0 Å². The van der Waals surface area contributed by atoms with Crippen LogP contribution in [0.5, 0.6) is 5.75 Å². The van der Waals surface area contributed by atoms with E-state index in [0.717, 1.165) is 5.69 Å². The second-order valence-electron chi connectivity index (χ2n) is 5.91. The number of hydrogen-bond donors (Lipinski definition) is 1. The average molecular weight is 413 g/mol. The van der Waals surface area contributed by atoms with Crippen molar-refractivity contribution >= 4 is 45.8 Å². The largest absolute Gasteiger partial charge is 0.482 e. The van der Waals surface area contributed by atoms with E-state index in [-0.39, 0.29) is 12.5 Å². The molecule has 4 aromatic rings. The van der Waals surface area contributed by atoms with Gasteiger partial charge in [0.2, 0.25) is 0 Å². The summed E-state index contributed by atoms with van der Waals surface area (Å²) in [7, 11) is 0. The lowest BCUT2D eigenvalue weighted by Gasteiger charge is -2.09.